The number of rotatable bonds is 16. The van der Waals surface area contributed by atoms with Gasteiger partial charge in [0.2, 0.25) is 0 Å². The Morgan fingerprint density at radius 1 is 0.966 bits per heavy atom. The molecule has 9 heteroatoms. The van der Waals surface area contributed by atoms with Gasteiger partial charge in [0.05, 0.1) is 12.0 Å². The Labute approximate surface area is 173 Å². The van der Waals surface area contributed by atoms with Crippen LogP contribution in [0.1, 0.15) is 41.0 Å². The fraction of sp³-hybridized carbons (Fsp3) is 0.700. The molecule has 1 N–H and O–H groups in total. The number of esters is 1. The van der Waals surface area contributed by atoms with E-state index in [2.05, 4.69) is 18.5 Å². The van der Waals surface area contributed by atoms with Crippen LogP contribution in [0.4, 0.5) is 4.79 Å². The summed E-state index contributed by atoms with van der Waals surface area (Å²) in [5.74, 6) is -0.389. The van der Waals surface area contributed by atoms with E-state index in [9.17, 15) is 9.59 Å². The average molecular weight is 417 g/mol. The third-order valence-electron chi connectivity index (χ3n) is 3.60. The summed E-state index contributed by atoms with van der Waals surface area (Å²) in [7, 11) is 0. The lowest BCUT2D eigenvalue weighted by molar-refractivity contribution is -0.300. The SMILES string of the molecule is C=C(C)COOCCNC(=O)OC(COOCC(=C)C)COC(=O)C(C)(C)CC. The Balaban J connectivity index is 4.40. The molecule has 1 atom stereocenters. The Morgan fingerprint density at radius 2 is 1.55 bits per heavy atom. The second-order valence-corrected chi connectivity index (χ2v) is 7.34. The molecule has 1 unspecified atom stereocenters. The standard InChI is InChI=1S/C20H35NO8/c1-8-20(6,7)18(22)24-13-17(14-28-27-12-16(4)5)29-19(23)21-9-10-25-26-11-15(2)3/h17H,2,4,8-14H2,1,3,5-7H3,(H,21,23). The van der Waals surface area contributed by atoms with E-state index in [1.807, 2.05) is 6.92 Å². The molecule has 0 aromatic heterocycles. The number of carbonyl (C=O) groups is 2. The third kappa shape index (κ3) is 14.7. The lowest BCUT2D eigenvalue weighted by Crippen LogP contribution is -2.37. The van der Waals surface area contributed by atoms with Crippen LogP contribution in [0.15, 0.2) is 24.3 Å². The van der Waals surface area contributed by atoms with Gasteiger partial charge in [0.25, 0.3) is 0 Å². The van der Waals surface area contributed by atoms with Crippen molar-refractivity contribution in [3.8, 4) is 0 Å². The van der Waals surface area contributed by atoms with Gasteiger partial charge in [-0.3, -0.25) is 4.79 Å². The number of amides is 1. The Hall–Kier alpha value is -1.94. The van der Waals surface area contributed by atoms with Gasteiger partial charge in [-0.05, 0) is 34.1 Å². The normalized spacial score (nSPS) is 12.2. The van der Waals surface area contributed by atoms with Crippen LogP contribution in [0.25, 0.3) is 0 Å². The predicted molar refractivity (Wildman–Crippen MR) is 107 cm³/mol. The molecule has 0 spiro atoms. The zero-order valence-electron chi connectivity index (χ0n) is 18.2. The molecule has 0 saturated carbocycles. The summed E-state index contributed by atoms with van der Waals surface area (Å²) in [5.41, 5.74) is 0.950. The number of hydrogen-bond donors (Lipinski definition) is 1. The molecular formula is C20H35NO8. The maximum Gasteiger partial charge on any atom is 0.407 e. The fourth-order valence-electron chi connectivity index (χ4n) is 1.48. The lowest BCUT2D eigenvalue weighted by atomic mass is 9.91. The number of carbonyl (C=O) groups excluding carboxylic acids is 2. The van der Waals surface area contributed by atoms with Gasteiger partial charge in [-0.15, -0.1) is 0 Å². The molecule has 0 heterocycles. The topological polar surface area (TPSA) is 102 Å². The summed E-state index contributed by atoms with van der Waals surface area (Å²) in [6.45, 7) is 16.9. The van der Waals surface area contributed by atoms with Gasteiger partial charge >= 0.3 is 12.1 Å². The Kier molecular flexibility index (Phi) is 14.0. The fourth-order valence-corrected chi connectivity index (χ4v) is 1.48. The van der Waals surface area contributed by atoms with Crippen molar-refractivity contribution in [2.75, 3.05) is 39.6 Å². The van der Waals surface area contributed by atoms with Gasteiger partial charge in [0.15, 0.2) is 6.10 Å². The van der Waals surface area contributed by atoms with Crippen LogP contribution in [0, 0.1) is 5.41 Å². The number of hydrogen-bond acceptors (Lipinski definition) is 8. The molecule has 1 amide bonds. The molecule has 9 nitrogen and oxygen atoms in total. The lowest BCUT2D eigenvalue weighted by Gasteiger charge is -2.23. The van der Waals surface area contributed by atoms with Crippen molar-refractivity contribution in [3.05, 3.63) is 24.3 Å². The van der Waals surface area contributed by atoms with Crippen molar-refractivity contribution in [1.82, 2.24) is 5.32 Å². The van der Waals surface area contributed by atoms with Crippen LogP contribution in [0.3, 0.4) is 0 Å². The first-order chi connectivity index (χ1) is 13.6. The minimum absolute atomic E-state index is 0.112. The van der Waals surface area contributed by atoms with E-state index in [0.717, 1.165) is 11.1 Å². The molecule has 0 aromatic rings. The van der Waals surface area contributed by atoms with Crippen LogP contribution in [-0.4, -0.2) is 57.7 Å². The molecule has 0 aliphatic heterocycles. The summed E-state index contributed by atoms with van der Waals surface area (Å²) in [6, 6.07) is 0. The van der Waals surface area contributed by atoms with Gasteiger partial charge in [0, 0.05) is 6.54 Å². The monoisotopic (exact) mass is 417 g/mol. The highest BCUT2D eigenvalue weighted by atomic mass is 17.2. The third-order valence-corrected chi connectivity index (χ3v) is 3.60. The first-order valence-corrected chi connectivity index (χ1v) is 9.47. The zero-order chi connectivity index (χ0) is 22.3. The Bertz CT molecular complexity index is 533. The summed E-state index contributed by atoms with van der Waals surface area (Å²) in [6.07, 6.45) is -0.950. The van der Waals surface area contributed by atoms with E-state index in [1.165, 1.54) is 0 Å². The molecule has 0 radical (unpaired) electrons. The molecule has 0 aliphatic carbocycles. The molecule has 0 aliphatic rings. The van der Waals surface area contributed by atoms with Crippen LogP contribution < -0.4 is 5.32 Å². The van der Waals surface area contributed by atoms with E-state index < -0.39 is 17.6 Å². The highest BCUT2D eigenvalue weighted by Gasteiger charge is 2.28. The maximum absolute atomic E-state index is 12.1. The summed E-state index contributed by atoms with van der Waals surface area (Å²) < 4.78 is 10.5. The van der Waals surface area contributed by atoms with Gasteiger partial charge in [-0.1, -0.05) is 31.2 Å². The van der Waals surface area contributed by atoms with Crippen LogP contribution >= 0.6 is 0 Å². The molecule has 29 heavy (non-hydrogen) atoms. The average Bonchev–Trinajstić information content (AvgIpc) is 2.64. The largest absolute Gasteiger partial charge is 0.461 e. The quantitative estimate of drug-likeness (QED) is 0.134. The number of nitrogens with one attached hydrogen (secondary N) is 1. The predicted octanol–water partition coefficient (Wildman–Crippen LogP) is 3.11. The van der Waals surface area contributed by atoms with Crippen LogP contribution in [0.5, 0.6) is 0 Å². The zero-order valence-corrected chi connectivity index (χ0v) is 18.2. The molecular weight excluding hydrogens is 382 g/mol. The van der Waals surface area contributed by atoms with Crippen LogP contribution in [-0.2, 0) is 33.8 Å². The van der Waals surface area contributed by atoms with E-state index in [4.69, 9.17) is 29.0 Å². The number of alkyl carbamates (subject to hydrolysis) is 1. The smallest absolute Gasteiger partial charge is 0.407 e. The van der Waals surface area contributed by atoms with Gasteiger partial charge in [-0.25, -0.2) is 24.3 Å². The van der Waals surface area contributed by atoms with E-state index >= 15 is 0 Å². The molecule has 0 bridgehead atoms. The molecule has 168 valence electrons. The van der Waals surface area contributed by atoms with Crippen molar-refractivity contribution in [1.29, 1.82) is 0 Å². The van der Waals surface area contributed by atoms with E-state index in [1.54, 1.807) is 27.7 Å². The first-order valence-electron chi connectivity index (χ1n) is 9.47. The summed E-state index contributed by atoms with van der Waals surface area (Å²) in [5, 5.41) is 2.50. The molecule has 0 rings (SSSR count). The maximum atomic E-state index is 12.1. The summed E-state index contributed by atoms with van der Waals surface area (Å²) in [4.78, 5) is 43.8. The molecule has 0 aromatic carbocycles. The van der Waals surface area contributed by atoms with E-state index in [-0.39, 0.29) is 45.5 Å². The highest BCUT2D eigenvalue weighted by Crippen LogP contribution is 2.21. The van der Waals surface area contributed by atoms with Crippen molar-refractivity contribution >= 4 is 12.1 Å². The molecule has 0 fully saturated rings. The van der Waals surface area contributed by atoms with Crippen molar-refractivity contribution in [2.24, 2.45) is 5.41 Å². The van der Waals surface area contributed by atoms with Gasteiger partial charge in [0.1, 0.15) is 26.4 Å². The van der Waals surface area contributed by atoms with Crippen molar-refractivity contribution in [2.45, 2.75) is 47.1 Å². The second kappa shape index (κ2) is 15.0. The molecule has 0 saturated heterocycles. The van der Waals surface area contributed by atoms with Gasteiger partial charge in [-0.2, -0.15) is 0 Å². The van der Waals surface area contributed by atoms with Gasteiger partial charge < -0.3 is 14.8 Å². The Morgan fingerprint density at radius 3 is 2.10 bits per heavy atom. The van der Waals surface area contributed by atoms with E-state index in [0.29, 0.717) is 6.42 Å². The highest BCUT2D eigenvalue weighted by molar-refractivity contribution is 5.75. The van der Waals surface area contributed by atoms with Crippen molar-refractivity contribution < 1.29 is 38.6 Å². The minimum Gasteiger partial charge on any atom is -0.461 e. The van der Waals surface area contributed by atoms with Crippen LogP contribution in [0.2, 0.25) is 0 Å². The summed E-state index contributed by atoms with van der Waals surface area (Å²) >= 11 is 0. The second-order valence-electron chi connectivity index (χ2n) is 7.34. The minimum atomic E-state index is -0.850. The number of ether oxygens (including phenoxy) is 2. The van der Waals surface area contributed by atoms with Crippen molar-refractivity contribution in [3.63, 3.8) is 0 Å². The first kappa shape index (κ1) is 27.1.